The lowest BCUT2D eigenvalue weighted by Crippen LogP contribution is -2.22. The number of nitrogens with zero attached hydrogens (tertiary/aromatic N) is 3. The number of aromatic nitrogens is 2. The molecule has 0 radical (unpaired) electrons. The maximum Gasteiger partial charge on any atom is 0.222 e. The first kappa shape index (κ1) is 11.2. The van der Waals surface area contributed by atoms with Crippen LogP contribution >= 0.6 is 0 Å². The Labute approximate surface area is 89.1 Å². The third kappa shape index (κ3) is 1.99. The summed E-state index contributed by atoms with van der Waals surface area (Å²) in [4.78, 5) is 7.89. The molecule has 0 atom stereocenters. The zero-order valence-electron chi connectivity index (χ0n) is 9.20. The van der Waals surface area contributed by atoms with Crippen LogP contribution < -0.4 is 11.5 Å². The summed E-state index contributed by atoms with van der Waals surface area (Å²) in [5.41, 5.74) is 11.9. The fourth-order valence-electron chi connectivity index (χ4n) is 1.26. The first-order chi connectivity index (χ1) is 6.92. The number of nitrogen functional groups attached to an aromatic ring is 2. The molecular formula is C10H15N5. The summed E-state index contributed by atoms with van der Waals surface area (Å²) >= 11 is 0. The first-order valence-corrected chi connectivity index (χ1v) is 4.76. The van der Waals surface area contributed by atoms with Crippen molar-refractivity contribution in [2.24, 2.45) is 0 Å². The molecule has 0 amide bonds. The van der Waals surface area contributed by atoms with Gasteiger partial charge in [-0.3, -0.25) is 0 Å². The van der Waals surface area contributed by atoms with E-state index in [4.69, 9.17) is 16.7 Å². The van der Waals surface area contributed by atoms with Gasteiger partial charge in [0.15, 0.2) is 0 Å². The highest BCUT2D eigenvalue weighted by molar-refractivity contribution is 5.55. The van der Waals surface area contributed by atoms with Crippen molar-refractivity contribution in [3.05, 3.63) is 11.3 Å². The van der Waals surface area contributed by atoms with Gasteiger partial charge in [-0.25, -0.2) is 4.98 Å². The average Bonchev–Trinajstić information content (AvgIpc) is 2.16. The van der Waals surface area contributed by atoms with Crippen molar-refractivity contribution in [1.29, 1.82) is 5.26 Å². The van der Waals surface area contributed by atoms with E-state index in [2.05, 4.69) is 9.97 Å². The predicted molar refractivity (Wildman–Crippen MR) is 58.9 cm³/mol. The van der Waals surface area contributed by atoms with E-state index in [0.717, 1.165) is 6.42 Å². The molecule has 15 heavy (non-hydrogen) atoms. The number of rotatable bonds is 2. The molecule has 0 aliphatic heterocycles. The van der Waals surface area contributed by atoms with Crippen LogP contribution in [0.15, 0.2) is 0 Å². The Hall–Kier alpha value is -1.83. The SMILES string of the molecule is CCC(C)(C)c1nc(N)nc(N)c1C#N. The van der Waals surface area contributed by atoms with Crippen LogP contribution in [0.4, 0.5) is 11.8 Å². The van der Waals surface area contributed by atoms with Crippen LogP contribution in [0.3, 0.4) is 0 Å². The molecule has 0 saturated heterocycles. The Morgan fingerprint density at radius 3 is 2.40 bits per heavy atom. The van der Waals surface area contributed by atoms with Gasteiger partial charge in [-0.1, -0.05) is 20.8 Å². The van der Waals surface area contributed by atoms with Crippen LogP contribution in [0.2, 0.25) is 0 Å². The van der Waals surface area contributed by atoms with Gasteiger partial charge in [0.05, 0.1) is 5.69 Å². The van der Waals surface area contributed by atoms with Crippen molar-refractivity contribution < 1.29 is 0 Å². The van der Waals surface area contributed by atoms with Gasteiger partial charge in [-0.2, -0.15) is 10.2 Å². The van der Waals surface area contributed by atoms with E-state index >= 15 is 0 Å². The fraction of sp³-hybridized carbons (Fsp3) is 0.500. The molecule has 0 fully saturated rings. The average molecular weight is 205 g/mol. The smallest absolute Gasteiger partial charge is 0.222 e. The molecule has 0 aliphatic carbocycles. The Balaban J connectivity index is 3.47. The summed E-state index contributed by atoms with van der Waals surface area (Å²) in [7, 11) is 0. The van der Waals surface area contributed by atoms with Crippen LogP contribution in [0, 0.1) is 11.3 Å². The van der Waals surface area contributed by atoms with E-state index in [9.17, 15) is 0 Å². The molecule has 4 N–H and O–H groups in total. The largest absolute Gasteiger partial charge is 0.382 e. The van der Waals surface area contributed by atoms with E-state index in [1.54, 1.807) is 0 Å². The maximum atomic E-state index is 9.00. The minimum atomic E-state index is -0.226. The molecule has 1 aromatic rings. The van der Waals surface area contributed by atoms with E-state index in [-0.39, 0.29) is 17.2 Å². The van der Waals surface area contributed by atoms with Gasteiger partial charge < -0.3 is 11.5 Å². The number of hydrogen-bond acceptors (Lipinski definition) is 5. The van der Waals surface area contributed by atoms with Gasteiger partial charge in [-0.15, -0.1) is 0 Å². The van der Waals surface area contributed by atoms with E-state index in [1.165, 1.54) is 0 Å². The number of nitriles is 1. The standard InChI is InChI=1S/C10H15N5/c1-4-10(2,3)7-6(5-11)8(12)15-9(13)14-7/h4H2,1-3H3,(H4,12,13,14,15). The fourth-order valence-corrected chi connectivity index (χ4v) is 1.26. The summed E-state index contributed by atoms with van der Waals surface area (Å²) < 4.78 is 0. The molecule has 1 rings (SSSR count). The van der Waals surface area contributed by atoms with Crippen LogP contribution in [0.5, 0.6) is 0 Å². The minimum Gasteiger partial charge on any atom is -0.382 e. The molecular weight excluding hydrogens is 190 g/mol. The van der Waals surface area contributed by atoms with Crippen molar-refractivity contribution in [3.8, 4) is 6.07 Å². The summed E-state index contributed by atoms with van der Waals surface area (Å²) in [5, 5.41) is 9.00. The quantitative estimate of drug-likeness (QED) is 0.755. The lowest BCUT2D eigenvalue weighted by atomic mass is 9.84. The van der Waals surface area contributed by atoms with Gasteiger partial charge in [0, 0.05) is 5.41 Å². The zero-order chi connectivity index (χ0) is 11.6. The van der Waals surface area contributed by atoms with Crippen LogP contribution in [0.25, 0.3) is 0 Å². The number of hydrogen-bond donors (Lipinski definition) is 2. The minimum absolute atomic E-state index is 0.114. The van der Waals surface area contributed by atoms with Crippen molar-refractivity contribution in [3.63, 3.8) is 0 Å². The molecule has 1 aromatic heterocycles. The van der Waals surface area contributed by atoms with Crippen molar-refractivity contribution in [2.45, 2.75) is 32.6 Å². The predicted octanol–water partition coefficient (Wildman–Crippen LogP) is 1.20. The highest BCUT2D eigenvalue weighted by Gasteiger charge is 2.26. The molecule has 5 heteroatoms. The van der Waals surface area contributed by atoms with Gasteiger partial charge in [0.25, 0.3) is 0 Å². The summed E-state index contributed by atoms with van der Waals surface area (Å²) in [6, 6.07) is 2.03. The van der Waals surface area contributed by atoms with Crippen LogP contribution in [0.1, 0.15) is 38.4 Å². The van der Waals surface area contributed by atoms with Crippen LogP contribution in [-0.4, -0.2) is 9.97 Å². The first-order valence-electron chi connectivity index (χ1n) is 4.76. The van der Waals surface area contributed by atoms with Gasteiger partial charge >= 0.3 is 0 Å². The van der Waals surface area contributed by atoms with Crippen molar-refractivity contribution in [1.82, 2.24) is 9.97 Å². The van der Waals surface area contributed by atoms with Gasteiger partial charge in [0.2, 0.25) is 5.95 Å². The monoisotopic (exact) mass is 205 g/mol. The van der Waals surface area contributed by atoms with E-state index < -0.39 is 0 Å². The third-order valence-electron chi connectivity index (χ3n) is 2.59. The normalized spacial score (nSPS) is 11.1. The van der Waals surface area contributed by atoms with Crippen molar-refractivity contribution >= 4 is 11.8 Å². The Morgan fingerprint density at radius 1 is 1.33 bits per heavy atom. The number of anilines is 2. The van der Waals surface area contributed by atoms with E-state index in [1.807, 2.05) is 26.8 Å². The molecule has 1 heterocycles. The highest BCUT2D eigenvalue weighted by atomic mass is 15.0. The number of nitrogens with two attached hydrogens (primary N) is 2. The Kier molecular flexibility index (Phi) is 2.80. The topological polar surface area (TPSA) is 102 Å². The molecule has 0 aliphatic rings. The molecule has 0 unspecified atom stereocenters. The molecule has 80 valence electrons. The van der Waals surface area contributed by atoms with Gasteiger partial charge in [-0.05, 0) is 6.42 Å². The second-order valence-corrected chi connectivity index (χ2v) is 4.04. The van der Waals surface area contributed by atoms with E-state index in [0.29, 0.717) is 11.3 Å². The second kappa shape index (κ2) is 3.73. The third-order valence-corrected chi connectivity index (χ3v) is 2.59. The zero-order valence-corrected chi connectivity index (χ0v) is 9.20. The Bertz CT molecular complexity index is 417. The Morgan fingerprint density at radius 2 is 1.93 bits per heavy atom. The van der Waals surface area contributed by atoms with Crippen LogP contribution in [-0.2, 0) is 5.41 Å². The van der Waals surface area contributed by atoms with Crippen molar-refractivity contribution in [2.75, 3.05) is 11.5 Å². The summed E-state index contributed by atoms with van der Waals surface area (Å²) in [6.45, 7) is 6.01. The summed E-state index contributed by atoms with van der Waals surface area (Å²) in [5.74, 6) is 0.268. The van der Waals surface area contributed by atoms with Gasteiger partial charge in [0.1, 0.15) is 17.5 Å². The molecule has 0 aromatic carbocycles. The molecule has 0 bridgehead atoms. The second-order valence-electron chi connectivity index (χ2n) is 4.04. The lowest BCUT2D eigenvalue weighted by Gasteiger charge is -2.23. The lowest BCUT2D eigenvalue weighted by molar-refractivity contribution is 0.489. The molecule has 0 spiro atoms. The maximum absolute atomic E-state index is 9.00. The molecule has 0 saturated carbocycles. The highest BCUT2D eigenvalue weighted by Crippen LogP contribution is 2.29. The summed E-state index contributed by atoms with van der Waals surface area (Å²) in [6.07, 6.45) is 0.845. The molecule has 5 nitrogen and oxygen atoms in total.